The number of likely N-dealkylation sites (N-methyl/N-ethyl adjacent to an activating group) is 1. The summed E-state index contributed by atoms with van der Waals surface area (Å²) in [5, 5.41) is 9.68. The molecular formula is C23H37NO4. The smallest absolute Gasteiger partial charge is 0.317 e. The van der Waals surface area contributed by atoms with E-state index in [1.165, 1.54) is 0 Å². The molecule has 158 valence electrons. The summed E-state index contributed by atoms with van der Waals surface area (Å²) in [7, 11) is 1.91. The third-order valence-corrected chi connectivity index (χ3v) is 5.05. The number of carbonyl (C=O) groups is 2. The summed E-state index contributed by atoms with van der Waals surface area (Å²) in [6, 6.07) is 9.52. The Morgan fingerprint density at radius 2 is 1.68 bits per heavy atom. The maximum absolute atomic E-state index is 13.5. The molecule has 1 rings (SSSR count). The summed E-state index contributed by atoms with van der Waals surface area (Å²) in [6.07, 6.45) is 0.810. The van der Waals surface area contributed by atoms with Crippen molar-refractivity contribution in [3.05, 3.63) is 35.9 Å². The zero-order valence-corrected chi connectivity index (χ0v) is 18.4. The van der Waals surface area contributed by atoms with Gasteiger partial charge >= 0.3 is 5.97 Å². The predicted molar refractivity (Wildman–Crippen MR) is 112 cm³/mol. The van der Waals surface area contributed by atoms with Gasteiger partial charge in [-0.25, -0.2) is 0 Å². The van der Waals surface area contributed by atoms with Crippen LogP contribution in [-0.2, 0) is 20.9 Å². The van der Waals surface area contributed by atoms with Gasteiger partial charge in [-0.1, -0.05) is 57.5 Å². The van der Waals surface area contributed by atoms with Gasteiger partial charge in [0.15, 0.2) is 5.78 Å². The third kappa shape index (κ3) is 7.02. The number of Topliss-reactive ketones (excluding diaryl/α,β-unsaturated/α-hetero) is 1. The van der Waals surface area contributed by atoms with Crippen LogP contribution < -0.4 is 0 Å². The number of hydrogen-bond acceptors (Lipinski definition) is 5. The summed E-state index contributed by atoms with van der Waals surface area (Å²) in [5.41, 5.74) is 0.419. The highest BCUT2D eigenvalue weighted by molar-refractivity contribution is 6.02. The first-order valence-corrected chi connectivity index (χ1v) is 10.1. The number of hydrogen-bond donors (Lipinski definition) is 1. The number of aliphatic hydroxyl groups is 1. The van der Waals surface area contributed by atoms with Crippen LogP contribution in [0.2, 0.25) is 0 Å². The Morgan fingerprint density at radius 3 is 2.14 bits per heavy atom. The molecule has 5 nitrogen and oxygen atoms in total. The molecule has 0 saturated carbocycles. The van der Waals surface area contributed by atoms with Crippen LogP contribution in [0.15, 0.2) is 30.3 Å². The summed E-state index contributed by atoms with van der Waals surface area (Å²) >= 11 is 0. The van der Waals surface area contributed by atoms with E-state index < -0.39 is 29.4 Å². The summed E-state index contributed by atoms with van der Waals surface area (Å²) < 4.78 is 5.52. The van der Waals surface area contributed by atoms with E-state index in [2.05, 4.69) is 0 Å². The quantitative estimate of drug-likeness (QED) is 0.487. The Hall–Kier alpha value is -1.72. The Morgan fingerprint density at radius 1 is 1.11 bits per heavy atom. The monoisotopic (exact) mass is 391 g/mol. The van der Waals surface area contributed by atoms with Gasteiger partial charge in [0.25, 0.3) is 0 Å². The predicted octanol–water partition coefficient (Wildman–Crippen LogP) is 3.69. The summed E-state index contributed by atoms with van der Waals surface area (Å²) in [4.78, 5) is 28.4. The Bertz CT molecular complexity index is 623. The average Bonchev–Trinajstić information content (AvgIpc) is 2.60. The second kappa shape index (κ2) is 10.7. The lowest BCUT2D eigenvalue weighted by Gasteiger charge is -2.35. The highest BCUT2D eigenvalue weighted by atomic mass is 16.6. The maximum atomic E-state index is 13.5. The first-order valence-electron chi connectivity index (χ1n) is 10.1. The molecule has 0 aromatic heterocycles. The van der Waals surface area contributed by atoms with Gasteiger partial charge in [0, 0.05) is 13.2 Å². The molecule has 0 heterocycles. The number of rotatable bonds is 10. The van der Waals surface area contributed by atoms with Gasteiger partial charge in [-0.15, -0.1) is 0 Å². The Balaban J connectivity index is 3.17. The minimum atomic E-state index is -0.985. The molecule has 0 radical (unpaired) electrons. The molecule has 0 spiro atoms. The van der Waals surface area contributed by atoms with Crippen molar-refractivity contribution >= 4 is 11.8 Å². The highest BCUT2D eigenvalue weighted by Gasteiger charge is 2.41. The second-order valence-corrected chi connectivity index (χ2v) is 8.80. The van der Waals surface area contributed by atoms with Crippen LogP contribution in [0.5, 0.6) is 0 Å². The minimum Gasteiger partial charge on any atom is -0.459 e. The second-order valence-electron chi connectivity index (χ2n) is 8.80. The van der Waals surface area contributed by atoms with E-state index in [1.807, 2.05) is 56.1 Å². The normalized spacial score (nSPS) is 16.3. The largest absolute Gasteiger partial charge is 0.459 e. The van der Waals surface area contributed by atoms with E-state index >= 15 is 0 Å². The number of ketones is 1. The SMILES string of the molecule is CC[C@H](C)[C@@H](C(=O)C(C(=O)OC(C)(C)C)C(C)CO)N(C)Cc1ccccc1. The van der Waals surface area contributed by atoms with Gasteiger partial charge in [-0.2, -0.15) is 0 Å². The van der Waals surface area contributed by atoms with Crippen molar-refractivity contribution in [3.8, 4) is 0 Å². The van der Waals surface area contributed by atoms with Crippen LogP contribution >= 0.6 is 0 Å². The van der Waals surface area contributed by atoms with E-state index in [0.29, 0.717) is 6.54 Å². The van der Waals surface area contributed by atoms with E-state index in [9.17, 15) is 14.7 Å². The first-order chi connectivity index (χ1) is 13.0. The first kappa shape index (κ1) is 24.3. The minimum absolute atomic E-state index is 0.0667. The molecule has 0 fully saturated rings. The van der Waals surface area contributed by atoms with Crippen molar-refractivity contribution in [1.29, 1.82) is 0 Å². The van der Waals surface area contributed by atoms with Crippen LogP contribution in [0.25, 0.3) is 0 Å². The van der Waals surface area contributed by atoms with Crippen molar-refractivity contribution in [3.63, 3.8) is 0 Å². The molecule has 1 aromatic carbocycles. The van der Waals surface area contributed by atoms with Gasteiger partial charge in [0.2, 0.25) is 0 Å². The lowest BCUT2D eigenvalue weighted by molar-refractivity contribution is -0.166. The van der Waals surface area contributed by atoms with Gasteiger partial charge in [0.05, 0.1) is 6.04 Å². The third-order valence-electron chi connectivity index (χ3n) is 5.05. The van der Waals surface area contributed by atoms with Crippen molar-refractivity contribution in [2.45, 2.75) is 66.2 Å². The zero-order chi connectivity index (χ0) is 21.5. The molecule has 0 amide bonds. The molecule has 1 aromatic rings. The lowest BCUT2D eigenvalue weighted by Crippen LogP contribution is -2.50. The van der Waals surface area contributed by atoms with Crippen LogP contribution in [0.4, 0.5) is 0 Å². The van der Waals surface area contributed by atoms with E-state index in [-0.39, 0.29) is 18.3 Å². The fraction of sp³-hybridized carbons (Fsp3) is 0.652. The number of carbonyl (C=O) groups excluding carboxylic acids is 2. The van der Waals surface area contributed by atoms with Crippen molar-refractivity contribution < 1.29 is 19.4 Å². The molecule has 5 heteroatoms. The number of aliphatic hydroxyl groups excluding tert-OH is 1. The van der Waals surface area contributed by atoms with Gasteiger partial charge in [-0.05, 0) is 45.2 Å². The Labute approximate surface area is 170 Å². The topological polar surface area (TPSA) is 66.8 Å². The molecule has 1 N–H and O–H groups in total. The number of benzene rings is 1. The molecule has 0 aliphatic heterocycles. The van der Waals surface area contributed by atoms with Crippen LogP contribution in [0.1, 0.15) is 53.5 Å². The highest BCUT2D eigenvalue weighted by Crippen LogP contribution is 2.26. The van der Waals surface area contributed by atoms with Crippen molar-refractivity contribution in [2.75, 3.05) is 13.7 Å². The van der Waals surface area contributed by atoms with Gasteiger partial charge < -0.3 is 9.84 Å². The number of nitrogens with zero attached hydrogens (tertiary/aromatic N) is 1. The molecule has 28 heavy (non-hydrogen) atoms. The molecule has 0 aliphatic rings. The summed E-state index contributed by atoms with van der Waals surface area (Å²) in [6.45, 7) is 11.5. The van der Waals surface area contributed by atoms with E-state index in [0.717, 1.165) is 12.0 Å². The van der Waals surface area contributed by atoms with Crippen molar-refractivity contribution in [2.24, 2.45) is 17.8 Å². The average molecular weight is 392 g/mol. The molecule has 0 aliphatic carbocycles. The molecule has 0 saturated heterocycles. The molecular weight excluding hydrogens is 354 g/mol. The molecule has 0 bridgehead atoms. The van der Waals surface area contributed by atoms with E-state index in [4.69, 9.17) is 4.74 Å². The molecule has 4 atom stereocenters. The summed E-state index contributed by atoms with van der Waals surface area (Å²) in [5.74, 6) is -2.15. The van der Waals surface area contributed by atoms with Gasteiger partial charge in [-0.3, -0.25) is 14.5 Å². The Kier molecular flexibility index (Phi) is 9.31. The van der Waals surface area contributed by atoms with Crippen LogP contribution in [0.3, 0.4) is 0 Å². The lowest BCUT2D eigenvalue weighted by atomic mass is 9.81. The molecule has 2 unspecified atom stereocenters. The fourth-order valence-electron chi connectivity index (χ4n) is 3.41. The number of esters is 1. The van der Waals surface area contributed by atoms with Crippen LogP contribution in [0, 0.1) is 17.8 Å². The van der Waals surface area contributed by atoms with E-state index in [1.54, 1.807) is 27.7 Å². The van der Waals surface area contributed by atoms with Crippen LogP contribution in [-0.4, -0.2) is 47.1 Å². The maximum Gasteiger partial charge on any atom is 0.317 e. The standard InChI is InChI=1S/C23H37NO4/c1-8-16(2)20(24(7)14-18-12-10-9-11-13-18)21(26)19(17(3)15-25)22(27)28-23(4,5)6/h9-13,16-17,19-20,25H,8,14-15H2,1-7H3/t16-,17?,19?,20-/m0/s1. The fourth-order valence-corrected chi connectivity index (χ4v) is 3.41. The van der Waals surface area contributed by atoms with Gasteiger partial charge in [0.1, 0.15) is 11.5 Å². The number of ether oxygens (including phenoxy) is 1. The zero-order valence-electron chi connectivity index (χ0n) is 18.4. The van der Waals surface area contributed by atoms with Crippen molar-refractivity contribution in [1.82, 2.24) is 4.90 Å².